The van der Waals surface area contributed by atoms with Gasteiger partial charge in [0.2, 0.25) is 0 Å². The minimum atomic E-state index is 0.343. The molecule has 5 nitrogen and oxygen atoms in total. The van der Waals surface area contributed by atoms with Gasteiger partial charge in [0, 0.05) is 19.6 Å². The zero-order valence-electron chi connectivity index (χ0n) is 11.3. The Morgan fingerprint density at radius 2 is 2.05 bits per heavy atom. The van der Waals surface area contributed by atoms with E-state index in [0.717, 1.165) is 18.7 Å². The summed E-state index contributed by atoms with van der Waals surface area (Å²) < 4.78 is 5.00. The summed E-state index contributed by atoms with van der Waals surface area (Å²) in [6.07, 6.45) is 6.05. The molecule has 1 aromatic rings. The third-order valence-electron chi connectivity index (χ3n) is 3.49. The molecule has 0 aromatic carbocycles. The molecule has 1 aliphatic rings. The second-order valence-electron chi connectivity index (χ2n) is 4.89. The predicted octanol–water partition coefficient (Wildman–Crippen LogP) is 2.82. The van der Waals surface area contributed by atoms with Gasteiger partial charge in [0.1, 0.15) is 11.5 Å². The van der Waals surface area contributed by atoms with E-state index in [2.05, 4.69) is 15.3 Å². The molecule has 106 valence electrons. The van der Waals surface area contributed by atoms with Crippen molar-refractivity contribution >= 4 is 23.1 Å². The molecule has 3 N–H and O–H groups in total. The first kappa shape index (κ1) is 14.3. The quantitative estimate of drug-likeness (QED) is 0.642. The highest BCUT2D eigenvalue weighted by molar-refractivity contribution is 6.32. The largest absolute Gasteiger partial charge is 0.393 e. The zero-order chi connectivity index (χ0) is 13.7. The van der Waals surface area contributed by atoms with Gasteiger partial charge < -0.3 is 15.8 Å². The van der Waals surface area contributed by atoms with E-state index in [0.29, 0.717) is 35.7 Å². The number of nitrogens with zero attached hydrogens (tertiary/aromatic N) is 2. The molecule has 1 aromatic heterocycles. The number of hydrogen-bond donors (Lipinski definition) is 2. The van der Waals surface area contributed by atoms with Crippen molar-refractivity contribution in [3.05, 3.63) is 11.0 Å². The summed E-state index contributed by atoms with van der Waals surface area (Å²) >= 11 is 6.10. The molecule has 0 atom stereocenters. The van der Waals surface area contributed by atoms with Crippen molar-refractivity contribution in [3.63, 3.8) is 0 Å². The summed E-state index contributed by atoms with van der Waals surface area (Å²) in [5, 5.41) is 3.49. The Hall–Kier alpha value is -1.07. The maximum Gasteiger partial charge on any atom is 0.157 e. The Morgan fingerprint density at radius 1 is 1.32 bits per heavy atom. The van der Waals surface area contributed by atoms with Crippen LogP contribution in [0.5, 0.6) is 0 Å². The highest BCUT2D eigenvalue weighted by Crippen LogP contribution is 2.33. The Labute approximate surface area is 118 Å². The van der Waals surface area contributed by atoms with E-state index in [1.54, 1.807) is 7.11 Å². The van der Waals surface area contributed by atoms with Crippen molar-refractivity contribution in [2.75, 3.05) is 31.3 Å². The van der Waals surface area contributed by atoms with Gasteiger partial charge in [0.05, 0.1) is 6.61 Å². The van der Waals surface area contributed by atoms with E-state index in [1.807, 2.05) is 0 Å². The summed E-state index contributed by atoms with van der Waals surface area (Å²) in [5.74, 6) is 1.85. The van der Waals surface area contributed by atoms with Crippen molar-refractivity contribution < 1.29 is 4.74 Å². The van der Waals surface area contributed by atoms with Gasteiger partial charge in [0.25, 0.3) is 0 Å². The SMILES string of the molecule is COCCNc1nc(C2CCCCC2)nc(Cl)c1N. The van der Waals surface area contributed by atoms with E-state index >= 15 is 0 Å². The van der Waals surface area contributed by atoms with Crippen LogP contribution >= 0.6 is 11.6 Å². The maximum absolute atomic E-state index is 6.10. The standard InChI is InChI=1S/C13H21ClN4O/c1-19-8-7-16-13-10(15)11(14)17-12(18-13)9-5-3-2-4-6-9/h9H,2-8,15H2,1H3,(H,16,17,18). The highest BCUT2D eigenvalue weighted by Gasteiger charge is 2.20. The topological polar surface area (TPSA) is 73.1 Å². The van der Waals surface area contributed by atoms with E-state index in [4.69, 9.17) is 22.1 Å². The lowest BCUT2D eigenvalue weighted by Crippen LogP contribution is -2.15. The number of ether oxygens (including phenoxy) is 1. The number of anilines is 2. The molecule has 19 heavy (non-hydrogen) atoms. The number of nitrogen functional groups attached to an aromatic ring is 1. The minimum Gasteiger partial charge on any atom is -0.393 e. The average Bonchev–Trinajstić information content (AvgIpc) is 2.44. The van der Waals surface area contributed by atoms with Crippen LogP contribution in [-0.4, -0.2) is 30.2 Å². The Bertz CT molecular complexity index is 421. The Balaban J connectivity index is 2.15. The molecule has 0 amide bonds. The van der Waals surface area contributed by atoms with Gasteiger partial charge in [-0.1, -0.05) is 30.9 Å². The number of hydrogen-bond acceptors (Lipinski definition) is 5. The first-order valence-electron chi connectivity index (χ1n) is 6.78. The van der Waals surface area contributed by atoms with Crippen LogP contribution in [0.3, 0.4) is 0 Å². The number of aromatic nitrogens is 2. The monoisotopic (exact) mass is 284 g/mol. The van der Waals surface area contributed by atoms with E-state index in [9.17, 15) is 0 Å². The second-order valence-corrected chi connectivity index (χ2v) is 5.25. The van der Waals surface area contributed by atoms with Crippen LogP contribution < -0.4 is 11.1 Å². The third-order valence-corrected chi connectivity index (χ3v) is 3.77. The van der Waals surface area contributed by atoms with Crippen molar-refractivity contribution in [1.82, 2.24) is 9.97 Å². The van der Waals surface area contributed by atoms with E-state index in [1.165, 1.54) is 19.3 Å². The van der Waals surface area contributed by atoms with E-state index in [-0.39, 0.29) is 0 Å². The molecule has 0 unspecified atom stereocenters. The molecule has 2 rings (SSSR count). The zero-order valence-corrected chi connectivity index (χ0v) is 12.0. The van der Waals surface area contributed by atoms with Crippen LogP contribution in [0.1, 0.15) is 43.8 Å². The van der Waals surface area contributed by atoms with Gasteiger partial charge in [-0.2, -0.15) is 0 Å². The molecule has 0 saturated heterocycles. The van der Waals surface area contributed by atoms with Gasteiger partial charge in [-0.05, 0) is 12.8 Å². The normalized spacial score (nSPS) is 16.5. The van der Waals surface area contributed by atoms with Crippen LogP contribution in [0.15, 0.2) is 0 Å². The number of rotatable bonds is 5. The fourth-order valence-corrected chi connectivity index (χ4v) is 2.58. The molecule has 1 aliphatic carbocycles. The first-order valence-corrected chi connectivity index (χ1v) is 7.16. The van der Waals surface area contributed by atoms with Gasteiger partial charge >= 0.3 is 0 Å². The molecule has 0 spiro atoms. The van der Waals surface area contributed by atoms with Crippen LogP contribution in [0.4, 0.5) is 11.5 Å². The smallest absolute Gasteiger partial charge is 0.157 e. The summed E-state index contributed by atoms with van der Waals surface area (Å²) in [6, 6.07) is 0. The molecular formula is C13H21ClN4O. The molecule has 0 aliphatic heterocycles. The first-order chi connectivity index (χ1) is 9.22. The molecule has 0 bridgehead atoms. The lowest BCUT2D eigenvalue weighted by molar-refractivity contribution is 0.210. The Kier molecular flexibility index (Phi) is 5.22. The lowest BCUT2D eigenvalue weighted by Gasteiger charge is -2.21. The molecule has 1 heterocycles. The van der Waals surface area contributed by atoms with Gasteiger partial charge in [-0.25, -0.2) is 9.97 Å². The fraction of sp³-hybridized carbons (Fsp3) is 0.692. The maximum atomic E-state index is 6.10. The summed E-state index contributed by atoms with van der Waals surface area (Å²) in [4.78, 5) is 8.88. The molecule has 1 saturated carbocycles. The number of nitrogens with one attached hydrogen (secondary N) is 1. The molecule has 1 fully saturated rings. The van der Waals surface area contributed by atoms with Crippen molar-refractivity contribution in [3.8, 4) is 0 Å². The number of methoxy groups -OCH3 is 1. The number of nitrogens with two attached hydrogens (primary N) is 1. The van der Waals surface area contributed by atoms with Gasteiger partial charge in [-0.15, -0.1) is 0 Å². The summed E-state index contributed by atoms with van der Waals surface area (Å²) in [5.41, 5.74) is 6.32. The van der Waals surface area contributed by atoms with Crippen LogP contribution in [0.25, 0.3) is 0 Å². The van der Waals surface area contributed by atoms with Crippen LogP contribution in [0.2, 0.25) is 5.15 Å². The van der Waals surface area contributed by atoms with Crippen molar-refractivity contribution in [2.45, 2.75) is 38.0 Å². The molecule has 6 heteroatoms. The average molecular weight is 285 g/mol. The summed E-state index contributed by atoms with van der Waals surface area (Å²) in [7, 11) is 1.66. The highest BCUT2D eigenvalue weighted by atomic mass is 35.5. The van der Waals surface area contributed by atoms with Gasteiger partial charge in [0.15, 0.2) is 11.0 Å². The van der Waals surface area contributed by atoms with Crippen molar-refractivity contribution in [2.24, 2.45) is 0 Å². The Morgan fingerprint density at radius 3 is 2.74 bits per heavy atom. The van der Waals surface area contributed by atoms with Crippen molar-refractivity contribution in [1.29, 1.82) is 0 Å². The summed E-state index contributed by atoms with van der Waals surface area (Å²) in [6.45, 7) is 1.25. The predicted molar refractivity (Wildman–Crippen MR) is 77.6 cm³/mol. The van der Waals surface area contributed by atoms with Gasteiger partial charge in [-0.3, -0.25) is 0 Å². The minimum absolute atomic E-state index is 0.343. The fourth-order valence-electron chi connectivity index (χ4n) is 2.41. The molecule has 0 radical (unpaired) electrons. The third kappa shape index (κ3) is 3.70. The van der Waals surface area contributed by atoms with E-state index < -0.39 is 0 Å². The van der Waals surface area contributed by atoms with Crippen LogP contribution in [-0.2, 0) is 4.74 Å². The molecular weight excluding hydrogens is 264 g/mol. The second kappa shape index (κ2) is 6.91. The van der Waals surface area contributed by atoms with Crippen LogP contribution in [0, 0.1) is 0 Å². The lowest BCUT2D eigenvalue weighted by atomic mass is 9.89. The number of halogens is 1.